The average Bonchev–Trinajstić information content (AvgIpc) is 3.01. The van der Waals surface area contributed by atoms with E-state index in [0.717, 1.165) is 21.5 Å². The molecule has 0 saturated carbocycles. The fourth-order valence-electron chi connectivity index (χ4n) is 5.29. The number of carbonyl (C=O) groups is 5. The van der Waals surface area contributed by atoms with Crippen molar-refractivity contribution in [2.75, 3.05) is 69.5 Å². The molecule has 0 unspecified atom stereocenters. The van der Waals surface area contributed by atoms with E-state index in [1.807, 2.05) is 60.7 Å². The molecular weight excluding hydrogens is 606 g/mol. The lowest BCUT2D eigenvalue weighted by Crippen LogP contribution is -2.46. The summed E-state index contributed by atoms with van der Waals surface area (Å²) in [6, 6.07) is 25.9. The molecule has 246 valence electrons. The quantitative estimate of drug-likeness (QED) is 0.108. The monoisotopic (exact) mass is 643 g/mol. The lowest BCUT2D eigenvalue weighted by atomic mass is 10.1. The Hall–Kier alpha value is -5.37. The number of fused-ring (bicyclic) bond motifs is 2. The smallest absolute Gasteiger partial charge is 0.317 e. The molecule has 0 heterocycles. The summed E-state index contributed by atoms with van der Waals surface area (Å²) in [6.45, 7) is -1.59. The van der Waals surface area contributed by atoms with Gasteiger partial charge in [-0.3, -0.25) is 38.7 Å². The van der Waals surface area contributed by atoms with Gasteiger partial charge in [0.15, 0.2) is 0 Å². The van der Waals surface area contributed by atoms with Gasteiger partial charge in [-0.15, -0.1) is 0 Å². The third-order valence-electron chi connectivity index (χ3n) is 7.40. The van der Waals surface area contributed by atoms with Gasteiger partial charge in [-0.05, 0) is 22.9 Å². The van der Waals surface area contributed by atoms with Crippen molar-refractivity contribution in [3.8, 4) is 0 Å². The summed E-state index contributed by atoms with van der Waals surface area (Å²) in [5.41, 5.74) is 1.16. The number of hydrogen-bond acceptors (Lipinski definition) is 8. The Morgan fingerprint density at radius 3 is 1.19 bits per heavy atom. The predicted molar refractivity (Wildman–Crippen MR) is 177 cm³/mol. The molecule has 13 nitrogen and oxygen atoms in total. The molecule has 0 saturated heterocycles. The SMILES string of the molecule is O=C(O)CN(CCN(CC(=O)O)CC(=O)Nc1cccc2ccccc12)CCN(CC(=O)O)CC(=O)Nc1cccc2ccccc12. The van der Waals surface area contributed by atoms with E-state index in [0.29, 0.717) is 11.4 Å². The van der Waals surface area contributed by atoms with Gasteiger partial charge in [0.2, 0.25) is 11.8 Å². The number of carboxylic acid groups (broad SMARTS) is 3. The lowest BCUT2D eigenvalue weighted by molar-refractivity contribution is -0.140. The summed E-state index contributed by atoms with van der Waals surface area (Å²) in [4.78, 5) is 65.0. The average molecular weight is 644 g/mol. The van der Waals surface area contributed by atoms with E-state index in [1.165, 1.54) is 14.7 Å². The molecule has 2 amide bonds. The minimum atomic E-state index is -1.16. The largest absolute Gasteiger partial charge is 0.480 e. The van der Waals surface area contributed by atoms with Crippen LogP contribution >= 0.6 is 0 Å². The number of anilines is 2. The van der Waals surface area contributed by atoms with E-state index in [9.17, 15) is 39.3 Å². The van der Waals surface area contributed by atoms with E-state index in [4.69, 9.17) is 0 Å². The Labute approximate surface area is 271 Å². The fourth-order valence-corrected chi connectivity index (χ4v) is 5.29. The number of benzene rings is 4. The van der Waals surface area contributed by atoms with Crippen molar-refractivity contribution < 1.29 is 39.3 Å². The summed E-state index contributed by atoms with van der Waals surface area (Å²) in [5.74, 6) is -4.31. The van der Waals surface area contributed by atoms with Crippen LogP contribution in [0.4, 0.5) is 11.4 Å². The molecule has 5 N–H and O–H groups in total. The molecule has 13 heteroatoms. The molecule has 0 aliphatic carbocycles. The van der Waals surface area contributed by atoms with Crippen LogP contribution in [0.3, 0.4) is 0 Å². The Morgan fingerprint density at radius 1 is 0.447 bits per heavy atom. The molecule has 47 heavy (non-hydrogen) atoms. The maximum Gasteiger partial charge on any atom is 0.317 e. The number of aliphatic carboxylic acids is 3. The second kappa shape index (κ2) is 16.8. The summed E-state index contributed by atoms with van der Waals surface area (Å²) in [7, 11) is 0. The van der Waals surface area contributed by atoms with Crippen molar-refractivity contribution in [2.24, 2.45) is 0 Å². The van der Waals surface area contributed by atoms with E-state index < -0.39 is 49.4 Å². The molecule has 0 aliphatic heterocycles. The van der Waals surface area contributed by atoms with E-state index in [1.54, 1.807) is 24.3 Å². The normalized spacial score (nSPS) is 11.3. The van der Waals surface area contributed by atoms with Gasteiger partial charge >= 0.3 is 17.9 Å². The van der Waals surface area contributed by atoms with Gasteiger partial charge in [-0.1, -0.05) is 72.8 Å². The number of rotatable bonds is 18. The topological polar surface area (TPSA) is 180 Å². The van der Waals surface area contributed by atoms with Crippen LogP contribution < -0.4 is 10.6 Å². The molecule has 0 aromatic heterocycles. The van der Waals surface area contributed by atoms with Crippen molar-refractivity contribution in [1.82, 2.24) is 14.7 Å². The first kappa shape index (κ1) is 34.5. The van der Waals surface area contributed by atoms with Gasteiger partial charge in [-0.2, -0.15) is 0 Å². The number of nitrogens with zero attached hydrogens (tertiary/aromatic N) is 3. The van der Waals surface area contributed by atoms with Crippen LogP contribution in [0.2, 0.25) is 0 Å². The Balaban J connectivity index is 1.37. The molecule has 4 aromatic carbocycles. The second-order valence-corrected chi connectivity index (χ2v) is 11.0. The van der Waals surface area contributed by atoms with Crippen molar-refractivity contribution in [1.29, 1.82) is 0 Å². The van der Waals surface area contributed by atoms with Crippen LogP contribution in [0.5, 0.6) is 0 Å². The molecule has 4 aromatic rings. The molecule has 0 fully saturated rings. The summed E-state index contributed by atoms with van der Waals surface area (Å²) >= 11 is 0. The zero-order chi connectivity index (χ0) is 33.8. The molecule has 0 aliphatic rings. The molecule has 0 bridgehead atoms. The van der Waals surface area contributed by atoms with E-state index >= 15 is 0 Å². The van der Waals surface area contributed by atoms with Gasteiger partial charge < -0.3 is 26.0 Å². The summed E-state index contributed by atoms with van der Waals surface area (Å²) in [6.07, 6.45) is 0. The number of carboxylic acids is 3. The highest BCUT2D eigenvalue weighted by Gasteiger charge is 2.20. The second-order valence-electron chi connectivity index (χ2n) is 11.0. The molecule has 0 radical (unpaired) electrons. The zero-order valence-electron chi connectivity index (χ0n) is 25.7. The lowest BCUT2D eigenvalue weighted by Gasteiger charge is -2.28. The summed E-state index contributed by atoms with van der Waals surface area (Å²) < 4.78 is 0. The first-order valence-corrected chi connectivity index (χ1v) is 14.9. The predicted octanol–water partition coefficient (Wildman–Crippen LogP) is 2.73. The highest BCUT2D eigenvalue weighted by molar-refractivity contribution is 6.03. The maximum atomic E-state index is 12.9. The Morgan fingerprint density at radius 2 is 0.787 bits per heavy atom. The third-order valence-corrected chi connectivity index (χ3v) is 7.40. The van der Waals surface area contributed by atoms with Crippen molar-refractivity contribution in [2.45, 2.75) is 0 Å². The minimum absolute atomic E-state index is 0.0447. The van der Waals surface area contributed by atoms with Gasteiger partial charge in [0, 0.05) is 48.3 Å². The van der Waals surface area contributed by atoms with Crippen molar-refractivity contribution in [3.05, 3.63) is 84.9 Å². The number of hydrogen-bond donors (Lipinski definition) is 5. The highest BCUT2D eigenvalue weighted by atomic mass is 16.4. The molecule has 4 rings (SSSR count). The van der Waals surface area contributed by atoms with Gasteiger partial charge in [0.1, 0.15) is 0 Å². The van der Waals surface area contributed by atoms with Crippen molar-refractivity contribution >= 4 is 62.6 Å². The van der Waals surface area contributed by atoms with Crippen LogP contribution in [-0.4, -0.2) is 119 Å². The van der Waals surface area contributed by atoms with E-state index in [2.05, 4.69) is 10.6 Å². The van der Waals surface area contributed by atoms with Gasteiger partial charge in [-0.25, -0.2) is 0 Å². The van der Waals surface area contributed by atoms with Crippen LogP contribution in [0.1, 0.15) is 0 Å². The minimum Gasteiger partial charge on any atom is -0.480 e. The summed E-state index contributed by atoms with van der Waals surface area (Å²) in [5, 5.41) is 37.6. The Kier molecular flexibility index (Phi) is 12.3. The first-order valence-electron chi connectivity index (χ1n) is 14.9. The highest BCUT2D eigenvalue weighted by Crippen LogP contribution is 2.24. The standard InChI is InChI=1S/C34H37N5O8/c40-30(35-28-13-5-9-24-7-1-3-11-26(24)28)19-38(22-33(44)45)17-15-37(21-32(42)43)16-18-39(23-34(46)47)20-31(41)36-29-14-6-10-25-8-2-4-12-27(25)29/h1-14H,15-23H2,(H,35,40)(H,36,41)(H,42,43)(H,44,45)(H,46,47). The van der Waals surface area contributed by atoms with Crippen molar-refractivity contribution in [3.63, 3.8) is 0 Å². The van der Waals surface area contributed by atoms with Crippen LogP contribution in [-0.2, 0) is 24.0 Å². The molecule has 0 spiro atoms. The molecule has 0 atom stereocenters. The third kappa shape index (κ3) is 10.9. The maximum absolute atomic E-state index is 12.9. The van der Waals surface area contributed by atoms with Gasteiger partial charge in [0.25, 0.3) is 0 Å². The van der Waals surface area contributed by atoms with Crippen LogP contribution in [0, 0.1) is 0 Å². The van der Waals surface area contributed by atoms with E-state index in [-0.39, 0.29) is 39.3 Å². The number of nitrogens with one attached hydrogen (secondary N) is 2. The van der Waals surface area contributed by atoms with Gasteiger partial charge in [0.05, 0.1) is 32.7 Å². The van der Waals surface area contributed by atoms with Crippen LogP contribution in [0.15, 0.2) is 84.9 Å². The fraction of sp³-hybridized carbons (Fsp3) is 0.265. The number of amides is 2. The molecular formula is C34H37N5O8. The Bertz CT molecular complexity index is 1620. The van der Waals surface area contributed by atoms with Crippen LogP contribution in [0.25, 0.3) is 21.5 Å². The zero-order valence-corrected chi connectivity index (χ0v) is 25.7. The first-order chi connectivity index (χ1) is 22.6. The number of carbonyl (C=O) groups excluding carboxylic acids is 2.